The molecular weight excluding hydrogens is 254 g/mol. The highest BCUT2D eigenvalue weighted by Crippen LogP contribution is 2.15. The van der Waals surface area contributed by atoms with Gasteiger partial charge in [0.15, 0.2) is 0 Å². The number of carbonyl (C=O) groups excluding carboxylic acids is 1. The lowest BCUT2D eigenvalue weighted by Gasteiger charge is -2.09. The third-order valence-electron chi connectivity index (χ3n) is 3.04. The fourth-order valence-electron chi connectivity index (χ4n) is 2.07. The maximum absolute atomic E-state index is 12.3. The summed E-state index contributed by atoms with van der Waals surface area (Å²) in [6.45, 7) is 5.99. The summed E-state index contributed by atoms with van der Waals surface area (Å²) in [5, 5.41) is 2.82. The Morgan fingerprint density at radius 3 is 2.60 bits per heavy atom. The van der Waals surface area contributed by atoms with Crippen molar-refractivity contribution in [2.75, 3.05) is 5.32 Å². The van der Waals surface area contributed by atoms with Crippen LogP contribution in [0, 0.1) is 12.8 Å². The van der Waals surface area contributed by atoms with E-state index in [9.17, 15) is 9.59 Å². The van der Waals surface area contributed by atoms with Crippen LogP contribution in [0.25, 0.3) is 0 Å². The average Bonchev–Trinajstić information content (AvgIpc) is 2.72. The lowest BCUT2D eigenvalue weighted by atomic mass is 10.1. The van der Waals surface area contributed by atoms with Crippen LogP contribution in [0.15, 0.2) is 29.1 Å². The van der Waals surface area contributed by atoms with Crippen molar-refractivity contribution in [3.05, 3.63) is 51.7 Å². The monoisotopic (exact) mass is 273 g/mol. The number of benzene rings is 1. The molecule has 5 nitrogen and oxygen atoms in total. The van der Waals surface area contributed by atoms with Crippen molar-refractivity contribution < 1.29 is 4.79 Å². The lowest BCUT2D eigenvalue weighted by Crippen LogP contribution is -2.16. The number of hydrogen-bond acceptors (Lipinski definition) is 2. The summed E-state index contributed by atoms with van der Waals surface area (Å²) in [6, 6.07) is 7.52. The minimum absolute atomic E-state index is 0.298. The number of amides is 1. The number of imidazole rings is 1. The molecule has 20 heavy (non-hydrogen) atoms. The molecule has 0 spiro atoms. The van der Waals surface area contributed by atoms with E-state index in [1.54, 1.807) is 0 Å². The summed E-state index contributed by atoms with van der Waals surface area (Å²) in [6.07, 6.45) is 0.648. The second kappa shape index (κ2) is 5.77. The van der Waals surface area contributed by atoms with Crippen molar-refractivity contribution in [2.24, 2.45) is 5.92 Å². The zero-order chi connectivity index (χ0) is 14.7. The molecule has 0 aliphatic carbocycles. The Bertz CT molecular complexity index is 668. The predicted molar refractivity (Wildman–Crippen MR) is 79.1 cm³/mol. The largest absolute Gasteiger partial charge is 0.323 e. The van der Waals surface area contributed by atoms with Gasteiger partial charge < -0.3 is 15.3 Å². The van der Waals surface area contributed by atoms with E-state index in [1.807, 2.05) is 45.0 Å². The van der Waals surface area contributed by atoms with Gasteiger partial charge in [-0.25, -0.2) is 4.79 Å². The first-order valence-electron chi connectivity index (χ1n) is 6.65. The zero-order valence-corrected chi connectivity index (χ0v) is 11.9. The molecule has 1 aromatic carbocycles. The molecule has 0 atom stereocenters. The standard InChI is InChI=1S/C15H19N3O2/c1-9(2)8-12-13(18-15(20)17-12)14(19)16-11-7-5-4-6-10(11)3/h4-7,9H,8H2,1-3H3,(H,16,19)(H2,17,18,20). The van der Waals surface area contributed by atoms with Crippen molar-refractivity contribution in [1.82, 2.24) is 9.97 Å². The van der Waals surface area contributed by atoms with E-state index >= 15 is 0 Å². The number of H-pyrrole nitrogens is 2. The molecule has 2 rings (SSSR count). The number of anilines is 1. The smallest absolute Gasteiger partial charge is 0.320 e. The average molecular weight is 273 g/mol. The van der Waals surface area contributed by atoms with Crippen molar-refractivity contribution >= 4 is 11.6 Å². The van der Waals surface area contributed by atoms with E-state index in [4.69, 9.17) is 0 Å². The Morgan fingerprint density at radius 2 is 1.95 bits per heavy atom. The van der Waals surface area contributed by atoms with Crippen molar-refractivity contribution in [3.63, 3.8) is 0 Å². The first-order chi connectivity index (χ1) is 9.47. The molecule has 0 aliphatic heterocycles. The summed E-state index contributed by atoms with van der Waals surface area (Å²) in [7, 11) is 0. The SMILES string of the molecule is Cc1ccccc1NC(=O)c1[nH]c(=O)[nH]c1CC(C)C. The quantitative estimate of drug-likeness (QED) is 0.800. The first-order valence-corrected chi connectivity index (χ1v) is 6.65. The van der Waals surface area contributed by atoms with Crippen LogP contribution in [0.4, 0.5) is 5.69 Å². The molecule has 0 aliphatic rings. The highest BCUT2D eigenvalue weighted by atomic mass is 16.2. The summed E-state index contributed by atoms with van der Waals surface area (Å²) in [5.41, 5.74) is 2.33. The van der Waals surface area contributed by atoms with Crippen molar-refractivity contribution in [1.29, 1.82) is 0 Å². The molecule has 0 saturated heterocycles. The van der Waals surface area contributed by atoms with Gasteiger partial charge in [-0.15, -0.1) is 0 Å². The van der Waals surface area contributed by atoms with E-state index < -0.39 is 0 Å². The van der Waals surface area contributed by atoms with Crippen LogP contribution in [0.1, 0.15) is 35.6 Å². The summed E-state index contributed by atoms with van der Waals surface area (Å²) < 4.78 is 0. The minimum atomic E-state index is -0.351. The predicted octanol–water partition coefficient (Wildman–Crippen LogP) is 2.46. The van der Waals surface area contributed by atoms with E-state index in [2.05, 4.69) is 15.3 Å². The lowest BCUT2D eigenvalue weighted by molar-refractivity contribution is 0.102. The van der Waals surface area contributed by atoms with Gasteiger partial charge in [0.25, 0.3) is 5.91 Å². The Morgan fingerprint density at radius 1 is 1.25 bits per heavy atom. The van der Waals surface area contributed by atoms with Crippen molar-refractivity contribution in [3.8, 4) is 0 Å². The normalized spacial score (nSPS) is 10.8. The Balaban J connectivity index is 2.25. The topological polar surface area (TPSA) is 77.8 Å². The zero-order valence-electron chi connectivity index (χ0n) is 11.9. The van der Waals surface area contributed by atoms with E-state index in [0.29, 0.717) is 23.7 Å². The molecule has 2 aromatic rings. The maximum Gasteiger partial charge on any atom is 0.323 e. The fourth-order valence-corrected chi connectivity index (χ4v) is 2.07. The van der Waals surface area contributed by atoms with Crippen molar-refractivity contribution in [2.45, 2.75) is 27.2 Å². The summed E-state index contributed by atoms with van der Waals surface area (Å²) in [4.78, 5) is 29.0. The van der Waals surface area contributed by atoms with Gasteiger partial charge >= 0.3 is 5.69 Å². The third-order valence-corrected chi connectivity index (χ3v) is 3.04. The molecule has 5 heteroatoms. The number of aromatic nitrogens is 2. The van der Waals surface area contributed by atoms with Gasteiger partial charge in [-0.05, 0) is 30.9 Å². The molecule has 3 N–H and O–H groups in total. The number of aromatic amines is 2. The minimum Gasteiger partial charge on any atom is -0.320 e. The van der Waals surface area contributed by atoms with E-state index in [0.717, 1.165) is 11.3 Å². The van der Waals surface area contributed by atoms with Gasteiger partial charge in [-0.1, -0.05) is 32.0 Å². The molecule has 106 valence electrons. The number of rotatable bonds is 4. The molecular formula is C15H19N3O2. The van der Waals surface area contributed by atoms with Gasteiger partial charge in [0, 0.05) is 11.4 Å². The fraction of sp³-hybridized carbons (Fsp3) is 0.333. The van der Waals surface area contributed by atoms with Crippen LogP contribution in [0.2, 0.25) is 0 Å². The van der Waals surface area contributed by atoms with Crippen LogP contribution in [0.3, 0.4) is 0 Å². The maximum atomic E-state index is 12.3. The van der Waals surface area contributed by atoms with Crippen LogP contribution < -0.4 is 11.0 Å². The molecule has 0 unspecified atom stereocenters. The molecule has 1 aromatic heterocycles. The second-order valence-electron chi connectivity index (χ2n) is 5.30. The van der Waals surface area contributed by atoms with E-state index in [-0.39, 0.29) is 11.6 Å². The van der Waals surface area contributed by atoms with Crippen LogP contribution in [0.5, 0.6) is 0 Å². The highest BCUT2D eigenvalue weighted by molar-refractivity contribution is 6.04. The highest BCUT2D eigenvalue weighted by Gasteiger charge is 2.16. The summed E-state index contributed by atoms with van der Waals surface area (Å²) >= 11 is 0. The molecule has 1 amide bonds. The summed E-state index contributed by atoms with van der Waals surface area (Å²) in [5.74, 6) is 0.0553. The van der Waals surface area contributed by atoms with Gasteiger partial charge in [0.05, 0.1) is 0 Å². The van der Waals surface area contributed by atoms with Crippen LogP contribution in [-0.4, -0.2) is 15.9 Å². The Labute approximate surface area is 117 Å². The number of para-hydroxylation sites is 1. The van der Waals surface area contributed by atoms with Gasteiger partial charge in [-0.2, -0.15) is 0 Å². The molecule has 0 bridgehead atoms. The van der Waals surface area contributed by atoms with Crippen LogP contribution >= 0.6 is 0 Å². The number of aryl methyl sites for hydroxylation is 1. The Hall–Kier alpha value is -2.30. The molecule has 1 heterocycles. The van der Waals surface area contributed by atoms with Gasteiger partial charge in [0.2, 0.25) is 0 Å². The van der Waals surface area contributed by atoms with Crippen LogP contribution in [-0.2, 0) is 6.42 Å². The number of hydrogen-bond donors (Lipinski definition) is 3. The second-order valence-corrected chi connectivity index (χ2v) is 5.30. The number of carbonyl (C=O) groups is 1. The van der Waals surface area contributed by atoms with Gasteiger partial charge in [0.1, 0.15) is 5.69 Å². The molecule has 0 radical (unpaired) electrons. The van der Waals surface area contributed by atoms with Gasteiger partial charge in [-0.3, -0.25) is 4.79 Å². The Kier molecular flexibility index (Phi) is 4.08. The van der Waals surface area contributed by atoms with E-state index in [1.165, 1.54) is 0 Å². The molecule has 0 saturated carbocycles. The third kappa shape index (κ3) is 3.17. The number of nitrogens with one attached hydrogen (secondary N) is 3. The molecule has 0 fully saturated rings. The first kappa shape index (κ1) is 14.1.